The van der Waals surface area contributed by atoms with Crippen LogP contribution in [-0.4, -0.2) is 18.7 Å². The molecule has 1 aliphatic rings. The minimum Gasteiger partial charge on any atom is -0.279 e. The lowest BCUT2D eigenvalue weighted by Crippen LogP contribution is -2.28. The van der Waals surface area contributed by atoms with Gasteiger partial charge < -0.3 is 0 Å². The first-order chi connectivity index (χ1) is 11.6. The van der Waals surface area contributed by atoms with Gasteiger partial charge in [0.15, 0.2) is 0 Å². The fraction of sp³-hybridized carbons (Fsp3) is 0.389. The van der Waals surface area contributed by atoms with Gasteiger partial charge in [0, 0.05) is 18.9 Å². The lowest BCUT2D eigenvalue weighted by atomic mass is 9.86. The van der Waals surface area contributed by atoms with Crippen LogP contribution in [0.2, 0.25) is 0 Å². The van der Waals surface area contributed by atoms with Crippen LogP contribution in [0.5, 0.6) is 0 Å². The molecule has 2 aromatic heterocycles. The van der Waals surface area contributed by atoms with Gasteiger partial charge in [-0.2, -0.15) is 0 Å². The molecule has 0 amide bonds. The van der Waals surface area contributed by atoms with Crippen molar-refractivity contribution >= 4 is 5.65 Å². The number of hydrogen-bond acceptors (Lipinski definition) is 3. The lowest BCUT2D eigenvalue weighted by Gasteiger charge is -2.24. The van der Waals surface area contributed by atoms with Crippen LogP contribution in [0.1, 0.15) is 30.4 Å². The van der Waals surface area contributed by atoms with Crippen molar-refractivity contribution in [2.24, 2.45) is 5.92 Å². The summed E-state index contributed by atoms with van der Waals surface area (Å²) in [5.41, 5.74) is 2.66. The standard InChI is InChI=1S/C18H20N4O2/c1-12-5-3-8-15(13(12)2)20-9-10-21-16(17(20)23)19-22(18(21)24)11-14-6-4-7-14/h3,5,8-10,14H,4,6-7,11H2,1-2H3. The molecule has 4 rings (SSSR count). The molecule has 1 saturated carbocycles. The summed E-state index contributed by atoms with van der Waals surface area (Å²) >= 11 is 0. The van der Waals surface area contributed by atoms with Gasteiger partial charge in [0.2, 0.25) is 5.65 Å². The summed E-state index contributed by atoms with van der Waals surface area (Å²) in [6, 6.07) is 5.85. The van der Waals surface area contributed by atoms with Gasteiger partial charge in [0.25, 0.3) is 0 Å². The second-order valence-electron chi connectivity index (χ2n) is 6.65. The van der Waals surface area contributed by atoms with Crippen LogP contribution in [-0.2, 0) is 6.54 Å². The molecule has 0 aliphatic heterocycles. The Kier molecular flexibility index (Phi) is 3.40. The predicted octanol–water partition coefficient (Wildman–Crippen LogP) is 2.06. The molecule has 1 fully saturated rings. The van der Waals surface area contributed by atoms with E-state index in [1.54, 1.807) is 17.0 Å². The quantitative estimate of drug-likeness (QED) is 0.741. The molecule has 1 aliphatic carbocycles. The Bertz CT molecular complexity index is 1040. The maximum absolute atomic E-state index is 12.9. The summed E-state index contributed by atoms with van der Waals surface area (Å²) in [5, 5.41) is 4.31. The minimum absolute atomic E-state index is 0.183. The molecule has 0 radical (unpaired) electrons. The molecule has 0 N–H and O–H groups in total. The topological polar surface area (TPSA) is 61.3 Å². The van der Waals surface area contributed by atoms with E-state index >= 15 is 0 Å². The van der Waals surface area contributed by atoms with Gasteiger partial charge in [-0.15, -0.1) is 5.10 Å². The van der Waals surface area contributed by atoms with Crippen LogP contribution in [0.15, 0.2) is 40.2 Å². The second kappa shape index (κ2) is 5.47. The van der Waals surface area contributed by atoms with Crippen molar-refractivity contribution in [3.63, 3.8) is 0 Å². The van der Waals surface area contributed by atoms with Crippen molar-refractivity contribution in [3.05, 3.63) is 62.6 Å². The Labute approximate surface area is 139 Å². The van der Waals surface area contributed by atoms with Crippen molar-refractivity contribution < 1.29 is 0 Å². The molecule has 24 heavy (non-hydrogen) atoms. The predicted molar refractivity (Wildman–Crippen MR) is 91.9 cm³/mol. The van der Waals surface area contributed by atoms with Crippen LogP contribution >= 0.6 is 0 Å². The van der Waals surface area contributed by atoms with Crippen LogP contribution in [0.25, 0.3) is 11.3 Å². The number of rotatable bonds is 3. The molecular formula is C18H20N4O2. The maximum Gasteiger partial charge on any atom is 0.350 e. The zero-order chi connectivity index (χ0) is 16.8. The summed E-state index contributed by atoms with van der Waals surface area (Å²) in [6.07, 6.45) is 6.76. The third-order valence-electron chi connectivity index (χ3n) is 5.14. The largest absolute Gasteiger partial charge is 0.350 e. The molecular weight excluding hydrogens is 304 g/mol. The van der Waals surface area contributed by atoms with Crippen LogP contribution in [0.4, 0.5) is 0 Å². The van der Waals surface area contributed by atoms with Crippen LogP contribution in [0, 0.1) is 19.8 Å². The maximum atomic E-state index is 12.9. The number of aryl methyl sites for hydroxylation is 1. The summed E-state index contributed by atoms with van der Waals surface area (Å²) < 4.78 is 4.36. The molecule has 0 bridgehead atoms. The van der Waals surface area contributed by atoms with Crippen molar-refractivity contribution in [1.82, 2.24) is 18.7 Å². The van der Waals surface area contributed by atoms with E-state index in [9.17, 15) is 9.59 Å². The van der Waals surface area contributed by atoms with Crippen LogP contribution in [0.3, 0.4) is 0 Å². The smallest absolute Gasteiger partial charge is 0.279 e. The van der Waals surface area contributed by atoms with Crippen molar-refractivity contribution in [1.29, 1.82) is 0 Å². The third kappa shape index (κ3) is 2.21. The lowest BCUT2D eigenvalue weighted by molar-refractivity contribution is 0.263. The minimum atomic E-state index is -0.268. The fourth-order valence-corrected chi connectivity index (χ4v) is 3.23. The van der Waals surface area contributed by atoms with E-state index in [2.05, 4.69) is 5.10 Å². The average Bonchev–Trinajstić information content (AvgIpc) is 2.84. The molecule has 124 valence electrons. The summed E-state index contributed by atoms with van der Waals surface area (Å²) in [7, 11) is 0. The van der Waals surface area contributed by atoms with E-state index in [1.807, 2.05) is 32.0 Å². The van der Waals surface area contributed by atoms with E-state index < -0.39 is 0 Å². The number of nitrogens with zero attached hydrogens (tertiary/aromatic N) is 4. The monoisotopic (exact) mass is 324 g/mol. The highest BCUT2D eigenvalue weighted by atomic mass is 16.2. The molecule has 0 atom stereocenters. The Hall–Kier alpha value is -2.63. The molecule has 2 heterocycles. The summed E-state index contributed by atoms with van der Waals surface area (Å²) in [4.78, 5) is 25.3. The number of benzene rings is 1. The van der Waals surface area contributed by atoms with E-state index in [0.717, 1.165) is 29.7 Å². The van der Waals surface area contributed by atoms with E-state index in [4.69, 9.17) is 0 Å². The highest BCUT2D eigenvalue weighted by Gasteiger charge is 2.21. The molecule has 3 aromatic rings. The van der Waals surface area contributed by atoms with Gasteiger partial charge in [0.05, 0.1) is 5.69 Å². The van der Waals surface area contributed by atoms with Crippen molar-refractivity contribution in [2.75, 3.05) is 0 Å². The highest BCUT2D eigenvalue weighted by Crippen LogP contribution is 2.27. The summed E-state index contributed by atoms with van der Waals surface area (Å²) in [5.74, 6) is 0.508. The Balaban J connectivity index is 1.87. The molecule has 1 aromatic carbocycles. The number of fused-ring (bicyclic) bond motifs is 1. The van der Waals surface area contributed by atoms with Crippen LogP contribution < -0.4 is 11.2 Å². The van der Waals surface area contributed by atoms with Gasteiger partial charge >= 0.3 is 11.2 Å². The first kappa shape index (κ1) is 14.9. The highest BCUT2D eigenvalue weighted by molar-refractivity contribution is 5.47. The molecule has 0 spiro atoms. The Morgan fingerprint density at radius 1 is 1.17 bits per heavy atom. The second-order valence-corrected chi connectivity index (χ2v) is 6.65. The average molecular weight is 324 g/mol. The normalized spacial score (nSPS) is 14.9. The first-order valence-corrected chi connectivity index (χ1v) is 8.33. The van der Waals surface area contributed by atoms with Gasteiger partial charge in [-0.3, -0.25) is 9.36 Å². The third-order valence-corrected chi connectivity index (χ3v) is 5.14. The number of aromatic nitrogens is 4. The molecule has 0 unspecified atom stereocenters. The van der Waals surface area contributed by atoms with E-state index in [0.29, 0.717) is 12.5 Å². The zero-order valence-electron chi connectivity index (χ0n) is 13.9. The van der Waals surface area contributed by atoms with E-state index in [1.165, 1.54) is 15.5 Å². The first-order valence-electron chi connectivity index (χ1n) is 8.33. The SMILES string of the molecule is Cc1cccc(-n2ccn3c(=O)n(CC4CCC4)nc3c2=O)c1C. The Morgan fingerprint density at radius 3 is 2.67 bits per heavy atom. The molecule has 6 nitrogen and oxygen atoms in total. The van der Waals surface area contributed by atoms with Gasteiger partial charge in [0.1, 0.15) is 0 Å². The molecule has 6 heteroatoms. The van der Waals surface area contributed by atoms with E-state index in [-0.39, 0.29) is 16.9 Å². The van der Waals surface area contributed by atoms with Gasteiger partial charge in [-0.1, -0.05) is 18.6 Å². The summed E-state index contributed by atoms with van der Waals surface area (Å²) in [6.45, 7) is 4.60. The number of hydrogen-bond donors (Lipinski definition) is 0. The van der Waals surface area contributed by atoms with Gasteiger partial charge in [-0.05, 0) is 49.8 Å². The zero-order valence-corrected chi connectivity index (χ0v) is 13.9. The van der Waals surface area contributed by atoms with Crippen molar-refractivity contribution in [2.45, 2.75) is 39.7 Å². The van der Waals surface area contributed by atoms with Crippen molar-refractivity contribution in [3.8, 4) is 5.69 Å². The van der Waals surface area contributed by atoms with Gasteiger partial charge in [-0.25, -0.2) is 13.9 Å². The molecule has 0 saturated heterocycles. The Morgan fingerprint density at radius 2 is 1.96 bits per heavy atom. The fourth-order valence-electron chi connectivity index (χ4n) is 3.23.